The first-order valence-electron chi connectivity index (χ1n) is 8.74. The van der Waals surface area contributed by atoms with E-state index in [9.17, 15) is 18.4 Å². The van der Waals surface area contributed by atoms with Crippen LogP contribution in [-0.2, 0) is 16.1 Å². The van der Waals surface area contributed by atoms with Crippen LogP contribution in [0, 0.1) is 0 Å². The minimum Gasteiger partial charge on any atom is -0.482 e. The molecule has 8 heteroatoms. The Kier molecular flexibility index (Phi) is 6.08. The highest BCUT2D eigenvalue weighted by Gasteiger charge is 2.25. The van der Waals surface area contributed by atoms with Gasteiger partial charge in [0, 0.05) is 26.6 Å². The van der Waals surface area contributed by atoms with Crippen LogP contribution in [0.1, 0.15) is 12.0 Å². The van der Waals surface area contributed by atoms with E-state index in [1.807, 2.05) is 12.1 Å². The molecule has 6 nitrogen and oxygen atoms in total. The molecular formula is C20H20F2N2O4. The predicted molar refractivity (Wildman–Crippen MR) is 98.5 cm³/mol. The van der Waals surface area contributed by atoms with Gasteiger partial charge >= 0.3 is 6.61 Å². The summed E-state index contributed by atoms with van der Waals surface area (Å²) in [5.74, 6) is 0.361. The van der Waals surface area contributed by atoms with Gasteiger partial charge in [0.1, 0.15) is 11.5 Å². The molecule has 0 aliphatic carbocycles. The van der Waals surface area contributed by atoms with Crippen molar-refractivity contribution in [3.63, 3.8) is 0 Å². The number of ether oxygens (including phenoxy) is 2. The van der Waals surface area contributed by atoms with E-state index < -0.39 is 6.61 Å². The van der Waals surface area contributed by atoms with Gasteiger partial charge in [0.2, 0.25) is 5.91 Å². The molecule has 0 atom stereocenters. The Morgan fingerprint density at radius 3 is 2.64 bits per heavy atom. The summed E-state index contributed by atoms with van der Waals surface area (Å²) in [7, 11) is 1.65. The van der Waals surface area contributed by atoms with Gasteiger partial charge in [0.05, 0.1) is 5.69 Å². The third-order valence-corrected chi connectivity index (χ3v) is 4.35. The highest BCUT2D eigenvalue weighted by atomic mass is 19.3. The van der Waals surface area contributed by atoms with Gasteiger partial charge in [-0.15, -0.1) is 0 Å². The second-order valence-corrected chi connectivity index (χ2v) is 6.32. The lowest BCUT2D eigenvalue weighted by Crippen LogP contribution is -2.41. The van der Waals surface area contributed by atoms with E-state index in [1.165, 1.54) is 17.0 Å². The molecule has 1 aliphatic heterocycles. The molecule has 148 valence electrons. The molecule has 0 bridgehead atoms. The molecule has 0 saturated carbocycles. The Labute approximate surface area is 161 Å². The molecular weight excluding hydrogens is 370 g/mol. The third kappa shape index (κ3) is 4.76. The van der Waals surface area contributed by atoms with E-state index in [0.29, 0.717) is 18.0 Å². The van der Waals surface area contributed by atoms with Crippen LogP contribution in [0.4, 0.5) is 14.5 Å². The van der Waals surface area contributed by atoms with Crippen LogP contribution in [0.3, 0.4) is 0 Å². The van der Waals surface area contributed by atoms with Crippen molar-refractivity contribution in [3.05, 3.63) is 54.1 Å². The second kappa shape index (κ2) is 8.69. The minimum atomic E-state index is -2.87. The van der Waals surface area contributed by atoms with Crippen LogP contribution < -0.4 is 14.4 Å². The standard InChI is InChI=1S/C20H20F2N2O4/c1-23(12-14-6-8-15(9-7-14)28-20(21)22)18(25)10-11-24-16-4-2-3-5-17(16)27-13-19(24)26/h2-9,20H,10-13H2,1H3. The molecule has 0 N–H and O–H groups in total. The van der Waals surface area contributed by atoms with E-state index in [4.69, 9.17) is 4.74 Å². The molecule has 0 radical (unpaired) electrons. The number of amides is 2. The summed E-state index contributed by atoms with van der Waals surface area (Å²) in [6.07, 6.45) is 0.156. The number of hydrogen-bond acceptors (Lipinski definition) is 4. The fourth-order valence-corrected chi connectivity index (χ4v) is 2.94. The SMILES string of the molecule is CN(Cc1ccc(OC(F)F)cc1)C(=O)CCN1C(=O)COc2ccccc21. The number of fused-ring (bicyclic) bond motifs is 1. The van der Waals surface area contributed by atoms with Gasteiger partial charge in [-0.2, -0.15) is 8.78 Å². The maximum Gasteiger partial charge on any atom is 0.387 e. The number of rotatable bonds is 7. The van der Waals surface area contributed by atoms with Crippen LogP contribution >= 0.6 is 0 Å². The Hall–Kier alpha value is -3.16. The van der Waals surface area contributed by atoms with E-state index >= 15 is 0 Å². The summed E-state index contributed by atoms with van der Waals surface area (Å²) in [5, 5.41) is 0. The highest BCUT2D eigenvalue weighted by molar-refractivity contribution is 5.98. The number of alkyl halides is 2. The van der Waals surface area contributed by atoms with Crippen LogP contribution in [0.25, 0.3) is 0 Å². The number of hydrogen-bond donors (Lipinski definition) is 0. The molecule has 0 saturated heterocycles. The molecule has 28 heavy (non-hydrogen) atoms. The van der Waals surface area contributed by atoms with Gasteiger partial charge in [-0.05, 0) is 29.8 Å². The summed E-state index contributed by atoms with van der Waals surface area (Å²) >= 11 is 0. The van der Waals surface area contributed by atoms with Gasteiger partial charge in [0.25, 0.3) is 5.91 Å². The molecule has 2 aromatic carbocycles. The summed E-state index contributed by atoms with van der Waals surface area (Å²) in [6, 6.07) is 13.3. The lowest BCUT2D eigenvalue weighted by atomic mass is 10.2. The number of carbonyl (C=O) groups excluding carboxylic acids is 2. The van der Waals surface area contributed by atoms with Gasteiger partial charge in [-0.25, -0.2) is 0 Å². The average molecular weight is 390 g/mol. The zero-order chi connectivity index (χ0) is 20.1. The Morgan fingerprint density at radius 1 is 1.21 bits per heavy atom. The zero-order valence-corrected chi connectivity index (χ0v) is 15.3. The van der Waals surface area contributed by atoms with Crippen molar-refractivity contribution in [2.45, 2.75) is 19.6 Å². The third-order valence-electron chi connectivity index (χ3n) is 4.35. The first-order chi connectivity index (χ1) is 13.4. The number of anilines is 1. The first kappa shape index (κ1) is 19.6. The van der Waals surface area contributed by atoms with E-state index in [0.717, 1.165) is 5.56 Å². The molecule has 0 spiro atoms. The van der Waals surface area contributed by atoms with E-state index in [2.05, 4.69) is 4.74 Å². The molecule has 0 unspecified atom stereocenters. The van der Waals surface area contributed by atoms with Crippen molar-refractivity contribution < 1.29 is 27.8 Å². The molecule has 2 aromatic rings. The molecule has 2 amide bonds. The maximum atomic E-state index is 12.5. The summed E-state index contributed by atoms with van der Waals surface area (Å²) in [6.45, 7) is -2.35. The molecule has 0 aromatic heterocycles. The topological polar surface area (TPSA) is 59.1 Å². The monoisotopic (exact) mass is 390 g/mol. The summed E-state index contributed by atoms with van der Waals surface area (Å²) in [5.41, 5.74) is 1.44. The number of benzene rings is 2. The first-order valence-corrected chi connectivity index (χ1v) is 8.74. The normalized spacial score (nSPS) is 13.1. The lowest BCUT2D eigenvalue weighted by Gasteiger charge is -2.29. The quantitative estimate of drug-likeness (QED) is 0.729. The van der Waals surface area contributed by atoms with Crippen molar-refractivity contribution in [3.8, 4) is 11.5 Å². The second-order valence-electron chi connectivity index (χ2n) is 6.32. The average Bonchev–Trinajstić information content (AvgIpc) is 2.68. The van der Waals surface area contributed by atoms with Crippen LogP contribution in [0.5, 0.6) is 11.5 Å². The van der Waals surface area contributed by atoms with E-state index in [1.54, 1.807) is 36.2 Å². The van der Waals surface area contributed by atoms with Crippen molar-refractivity contribution in [1.82, 2.24) is 4.90 Å². The highest BCUT2D eigenvalue weighted by Crippen LogP contribution is 2.31. The molecule has 1 heterocycles. The Morgan fingerprint density at radius 2 is 1.93 bits per heavy atom. The Bertz CT molecular complexity index is 842. The number of halogens is 2. The molecule has 1 aliphatic rings. The minimum absolute atomic E-state index is 0.0475. The van der Waals surface area contributed by atoms with Gasteiger partial charge in [-0.1, -0.05) is 24.3 Å². The van der Waals surface area contributed by atoms with Crippen molar-refractivity contribution in [1.29, 1.82) is 0 Å². The van der Waals surface area contributed by atoms with Gasteiger partial charge < -0.3 is 19.3 Å². The van der Waals surface area contributed by atoms with Gasteiger partial charge in [0.15, 0.2) is 6.61 Å². The largest absolute Gasteiger partial charge is 0.482 e. The van der Waals surface area contributed by atoms with Crippen molar-refractivity contribution >= 4 is 17.5 Å². The summed E-state index contributed by atoms with van der Waals surface area (Å²) < 4.78 is 34.1. The smallest absolute Gasteiger partial charge is 0.387 e. The summed E-state index contributed by atoms with van der Waals surface area (Å²) in [4.78, 5) is 27.7. The molecule has 3 rings (SSSR count). The zero-order valence-electron chi connectivity index (χ0n) is 15.3. The molecule has 0 fully saturated rings. The lowest BCUT2D eigenvalue weighted by molar-refractivity contribution is -0.130. The number of nitrogens with zero attached hydrogens (tertiary/aromatic N) is 2. The Balaban J connectivity index is 1.55. The van der Waals surface area contributed by atoms with Crippen LogP contribution in [0.2, 0.25) is 0 Å². The van der Waals surface area contributed by atoms with Gasteiger partial charge in [-0.3, -0.25) is 9.59 Å². The van der Waals surface area contributed by atoms with Crippen LogP contribution in [-0.4, -0.2) is 43.5 Å². The predicted octanol–water partition coefficient (Wildman–Crippen LogP) is 3.06. The fraction of sp³-hybridized carbons (Fsp3) is 0.300. The van der Waals surface area contributed by atoms with E-state index in [-0.39, 0.29) is 37.1 Å². The number of para-hydroxylation sites is 2. The van der Waals surface area contributed by atoms with Crippen molar-refractivity contribution in [2.24, 2.45) is 0 Å². The fourth-order valence-electron chi connectivity index (χ4n) is 2.94. The van der Waals surface area contributed by atoms with Crippen molar-refractivity contribution in [2.75, 3.05) is 25.1 Å². The maximum absolute atomic E-state index is 12.5. The van der Waals surface area contributed by atoms with Crippen LogP contribution in [0.15, 0.2) is 48.5 Å². The number of carbonyl (C=O) groups is 2.